The quantitative estimate of drug-likeness (QED) is 0.600. The highest BCUT2D eigenvalue weighted by molar-refractivity contribution is 9.10. The van der Waals surface area contributed by atoms with Crippen LogP contribution in [-0.2, 0) is 4.79 Å². The zero-order valence-electron chi connectivity index (χ0n) is 17.4. The number of carbonyl (C=O) groups excluding carboxylic acids is 2. The number of rotatable bonds is 8. The molecule has 31 heavy (non-hydrogen) atoms. The first-order chi connectivity index (χ1) is 15.0. The van der Waals surface area contributed by atoms with Crippen molar-refractivity contribution in [2.45, 2.75) is 32.3 Å². The maximum absolute atomic E-state index is 13.4. The van der Waals surface area contributed by atoms with E-state index in [9.17, 15) is 14.0 Å². The molecular formula is C23H26BrFN2O4. The normalized spacial score (nSPS) is 14.2. The summed E-state index contributed by atoms with van der Waals surface area (Å²) < 4.78 is 25.6. The van der Waals surface area contributed by atoms with Crippen molar-refractivity contribution >= 4 is 27.7 Å². The van der Waals surface area contributed by atoms with E-state index in [0.717, 1.165) is 30.4 Å². The molecule has 1 aliphatic heterocycles. The van der Waals surface area contributed by atoms with Gasteiger partial charge in [-0.25, -0.2) is 4.39 Å². The van der Waals surface area contributed by atoms with E-state index in [-0.39, 0.29) is 30.5 Å². The average molecular weight is 493 g/mol. The largest absolute Gasteiger partial charge is 0.490 e. The molecule has 0 aliphatic carbocycles. The van der Waals surface area contributed by atoms with Crippen LogP contribution in [0.2, 0.25) is 0 Å². The number of piperidine rings is 1. The summed E-state index contributed by atoms with van der Waals surface area (Å²) in [5.41, 5.74) is 0.206. The van der Waals surface area contributed by atoms with Crippen LogP contribution in [0.4, 0.5) is 4.39 Å². The number of para-hydroxylation sites is 2. The van der Waals surface area contributed by atoms with Crippen molar-refractivity contribution in [3.05, 3.63) is 58.3 Å². The minimum absolute atomic E-state index is 0.0215. The Morgan fingerprint density at radius 1 is 1.16 bits per heavy atom. The Labute approximate surface area is 189 Å². The van der Waals surface area contributed by atoms with Gasteiger partial charge in [-0.05, 0) is 53.2 Å². The lowest BCUT2D eigenvalue weighted by Crippen LogP contribution is -2.42. The van der Waals surface area contributed by atoms with Gasteiger partial charge in [-0.2, -0.15) is 0 Å². The second-order valence-corrected chi connectivity index (χ2v) is 8.06. The Balaban J connectivity index is 1.42. The van der Waals surface area contributed by atoms with Gasteiger partial charge in [0, 0.05) is 43.4 Å². The molecule has 2 aromatic carbocycles. The van der Waals surface area contributed by atoms with Crippen molar-refractivity contribution in [2.75, 3.05) is 26.2 Å². The third-order valence-corrected chi connectivity index (χ3v) is 5.73. The van der Waals surface area contributed by atoms with Crippen molar-refractivity contribution in [3.63, 3.8) is 0 Å². The first kappa shape index (κ1) is 23.1. The Morgan fingerprint density at radius 3 is 2.58 bits per heavy atom. The maximum Gasteiger partial charge on any atom is 0.252 e. The number of nitrogens with zero attached hydrogens (tertiary/aromatic N) is 1. The number of likely N-dealkylation sites (tertiary alicyclic amines) is 1. The van der Waals surface area contributed by atoms with E-state index in [1.807, 2.05) is 31.2 Å². The van der Waals surface area contributed by atoms with Crippen LogP contribution in [0.15, 0.2) is 46.9 Å². The lowest BCUT2D eigenvalue weighted by atomic mass is 10.1. The van der Waals surface area contributed by atoms with Gasteiger partial charge in [-0.15, -0.1) is 0 Å². The molecule has 1 aliphatic rings. The van der Waals surface area contributed by atoms with E-state index < -0.39 is 11.7 Å². The van der Waals surface area contributed by atoms with Gasteiger partial charge < -0.3 is 19.7 Å². The molecule has 166 valence electrons. The first-order valence-corrected chi connectivity index (χ1v) is 11.2. The van der Waals surface area contributed by atoms with Gasteiger partial charge in [-0.1, -0.05) is 12.1 Å². The molecule has 8 heteroatoms. The molecule has 0 unspecified atom stereocenters. The van der Waals surface area contributed by atoms with Crippen LogP contribution < -0.4 is 14.8 Å². The third-order valence-electron chi connectivity index (χ3n) is 5.03. The van der Waals surface area contributed by atoms with Crippen LogP contribution in [0, 0.1) is 5.82 Å². The number of hydrogen-bond acceptors (Lipinski definition) is 4. The van der Waals surface area contributed by atoms with E-state index in [1.165, 1.54) is 12.1 Å². The number of nitrogens with one attached hydrogen (secondary N) is 1. The van der Waals surface area contributed by atoms with Gasteiger partial charge >= 0.3 is 0 Å². The van der Waals surface area contributed by atoms with E-state index in [4.69, 9.17) is 9.47 Å². The third kappa shape index (κ3) is 6.43. The van der Waals surface area contributed by atoms with Crippen LogP contribution in [0.3, 0.4) is 0 Å². The molecular weight excluding hydrogens is 467 g/mol. The predicted molar refractivity (Wildman–Crippen MR) is 119 cm³/mol. The SMILES string of the molecule is CCOc1ccccc1OC1CCN(C(=O)CCNC(=O)c2cc(F)ccc2Br)CC1. The van der Waals surface area contributed by atoms with Gasteiger partial charge in [0.05, 0.1) is 12.2 Å². The highest BCUT2D eigenvalue weighted by atomic mass is 79.9. The maximum atomic E-state index is 13.4. The van der Waals surface area contributed by atoms with E-state index in [0.29, 0.717) is 24.2 Å². The standard InChI is InChI=1S/C23H26BrFN2O4/c1-2-30-20-5-3-4-6-21(20)31-17-10-13-27(14-11-17)22(28)9-12-26-23(29)18-15-16(25)7-8-19(18)24/h3-8,15,17H,2,9-14H2,1H3,(H,26,29). The molecule has 6 nitrogen and oxygen atoms in total. The summed E-state index contributed by atoms with van der Waals surface area (Å²) in [7, 11) is 0. The molecule has 1 heterocycles. The van der Waals surface area contributed by atoms with E-state index in [1.54, 1.807) is 4.90 Å². The Morgan fingerprint density at radius 2 is 1.87 bits per heavy atom. The van der Waals surface area contributed by atoms with Crippen molar-refractivity contribution < 1.29 is 23.5 Å². The molecule has 0 atom stereocenters. The average Bonchev–Trinajstić information content (AvgIpc) is 2.77. The van der Waals surface area contributed by atoms with Crippen molar-refractivity contribution in [3.8, 4) is 11.5 Å². The highest BCUT2D eigenvalue weighted by Gasteiger charge is 2.24. The van der Waals surface area contributed by atoms with Crippen LogP contribution >= 0.6 is 15.9 Å². The van der Waals surface area contributed by atoms with Crippen molar-refractivity contribution in [1.29, 1.82) is 0 Å². The van der Waals surface area contributed by atoms with Gasteiger partial charge in [-0.3, -0.25) is 9.59 Å². The summed E-state index contributed by atoms with van der Waals surface area (Å²) in [6, 6.07) is 11.5. The zero-order chi connectivity index (χ0) is 22.2. The monoisotopic (exact) mass is 492 g/mol. The molecule has 0 radical (unpaired) electrons. The van der Waals surface area contributed by atoms with Crippen LogP contribution in [0.25, 0.3) is 0 Å². The van der Waals surface area contributed by atoms with Crippen LogP contribution in [0.1, 0.15) is 36.5 Å². The summed E-state index contributed by atoms with van der Waals surface area (Å²) in [5, 5.41) is 2.67. The minimum Gasteiger partial charge on any atom is -0.490 e. The number of halogens is 2. The van der Waals surface area contributed by atoms with E-state index >= 15 is 0 Å². The second kappa shape index (κ2) is 11.1. The Bertz CT molecular complexity index is 916. The zero-order valence-corrected chi connectivity index (χ0v) is 19.0. The molecule has 3 rings (SSSR count). The smallest absolute Gasteiger partial charge is 0.252 e. The molecule has 2 amide bonds. The fourth-order valence-corrected chi connectivity index (χ4v) is 3.86. The predicted octanol–water partition coefficient (Wildman–Crippen LogP) is 4.18. The fourth-order valence-electron chi connectivity index (χ4n) is 3.43. The molecule has 2 aromatic rings. The van der Waals surface area contributed by atoms with Gasteiger partial charge in [0.2, 0.25) is 5.91 Å². The Hall–Kier alpha value is -2.61. The molecule has 1 N–H and O–H groups in total. The van der Waals surface area contributed by atoms with Gasteiger partial charge in [0.15, 0.2) is 11.5 Å². The van der Waals surface area contributed by atoms with Gasteiger partial charge in [0.25, 0.3) is 5.91 Å². The van der Waals surface area contributed by atoms with E-state index in [2.05, 4.69) is 21.2 Å². The minimum atomic E-state index is -0.488. The number of carbonyl (C=O) groups is 2. The van der Waals surface area contributed by atoms with Crippen LogP contribution in [0.5, 0.6) is 11.5 Å². The summed E-state index contributed by atoms with van der Waals surface area (Å²) in [5.74, 6) is 0.522. The lowest BCUT2D eigenvalue weighted by molar-refractivity contribution is -0.132. The van der Waals surface area contributed by atoms with Crippen molar-refractivity contribution in [2.24, 2.45) is 0 Å². The summed E-state index contributed by atoms with van der Waals surface area (Å²) in [6.45, 7) is 3.90. The van der Waals surface area contributed by atoms with Crippen LogP contribution in [-0.4, -0.2) is 49.1 Å². The number of benzene rings is 2. The fraction of sp³-hybridized carbons (Fsp3) is 0.391. The molecule has 0 aromatic heterocycles. The van der Waals surface area contributed by atoms with Gasteiger partial charge in [0.1, 0.15) is 11.9 Å². The summed E-state index contributed by atoms with van der Waals surface area (Å²) in [6.07, 6.45) is 1.68. The topological polar surface area (TPSA) is 67.9 Å². The van der Waals surface area contributed by atoms with Crippen molar-refractivity contribution in [1.82, 2.24) is 10.2 Å². The highest BCUT2D eigenvalue weighted by Crippen LogP contribution is 2.29. The summed E-state index contributed by atoms with van der Waals surface area (Å²) in [4.78, 5) is 26.5. The number of hydrogen-bond donors (Lipinski definition) is 1. The molecule has 0 bridgehead atoms. The number of amides is 2. The molecule has 1 fully saturated rings. The first-order valence-electron chi connectivity index (χ1n) is 10.4. The molecule has 0 saturated carbocycles. The lowest BCUT2D eigenvalue weighted by Gasteiger charge is -2.32. The molecule has 1 saturated heterocycles. The number of ether oxygens (including phenoxy) is 2. The molecule has 0 spiro atoms. The Kier molecular flexibility index (Phi) is 8.28. The second-order valence-electron chi connectivity index (χ2n) is 7.21. The summed E-state index contributed by atoms with van der Waals surface area (Å²) >= 11 is 3.23.